The van der Waals surface area contributed by atoms with Crippen LogP contribution in [0.4, 0.5) is 0 Å². The number of hydrogen-bond acceptors (Lipinski definition) is 10. The molecule has 0 aromatic heterocycles. The molecule has 0 N–H and O–H groups in total. The Labute approximate surface area is 360 Å². The number of rotatable bonds is 18. The lowest BCUT2D eigenvalue weighted by Crippen LogP contribution is -2.39. The molecule has 1 unspecified atom stereocenters. The zero-order chi connectivity index (χ0) is 42.4. The second kappa shape index (κ2) is 21.7. The number of phosphoric acid groups is 1. The number of ether oxygens (including phenoxy) is 2. The third kappa shape index (κ3) is 11.5. The summed E-state index contributed by atoms with van der Waals surface area (Å²) in [6.07, 6.45) is 1.50. The highest BCUT2D eigenvalue weighted by molar-refractivity contribution is 7.48. The molecule has 8 rings (SSSR count). The van der Waals surface area contributed by atoms with Crippen LogP contribution in [-0.4, -0.2) is 25.7 Å². The molecule has 0 bridgehead atoms. The monoisotopic (exact) mass is 861 g/mol. The Morgan fingerprint density at radius 1 is 0.607 bits per heavy atom. The fraction of sp³-hybridized carbons (Fsp3) is 0.265. The summed E-state index contributed by atoms with van der Waals surface area (Å²) in [6, 6.07) is 47.0. The van der Waals surface area contributed by atoms with Gasteiger partial charge >= 0.3 is 16.4 Å². The second-order valence-electron chi connectivity index (χ2n) is 14.3. The first-order chi connectivity index (χ1) is 30.0. The molecule has 0 aliphatic carbocycles. The molecular weight excluding hydrogens is 808 g/mol. The van der Waals surface area contributed by atoms with Gasteiger partial charge in [0.05, 0.1) is 40.6 Å². The molecular formula is C49H53NO9P2. The highest BCUT2D eigenvalue weighted by atomic mass is 31.2. The van der Waals surface area contributed by atoms with Gasteiger partial charge in [0, 0.05) is 24.7 Å². The highest BCUT2D eigenvalue weighted by Gasteiger charge is 2.37. The number of nitrogens with zero attached hydrogens (tertiary/aromatic N) is 1. The summed E-state index contributed by atoms with van der Waals surface area (Å²) in [7, 11) is -2.69. The van der Waals surface area contributed by atoms with E-state index in [-0.39, 0.29) is 19.3 Å². The van der Waals surface area contributed by atoms with Gasteiger partial charge < -0.3 is 18.5 Å². The van der Waals surface area contributed by atoms with Crippen molar-refractivity contribution in [3.8, 4) is 23.0 Å². The quantitative estimate of drug-likeness (QED) is 0.0778. The Morgan fingerprint density at radius 3 is 1.64 bits per heavy atom. The number of methoxy groups -OCH3 is 2. The van der Waals surface area contributed by atoms with Crippen LogP contribution in [0.5, 0.6) is 23.0 Å². The van der Waals surface area contributed by atoms with Gasteiger partial charge in [0.2, 0.25) is 0 Å². The van der Waals surface area contributed by atoms with Gasteiger partial charge in [-0.25, -0.2) is 4.57 Å². The van der Waals surface area contributed by atoms with Gasteiger partial charge in [0.1, 0.15) is 0 Å². The van der Waals surface area contributed by atoms with E-state index >= 15 is 0 Å². The molecule has 2 aliphatic rings. The van der Waals surface area contributed by atoms with Gasteiger partial charge in [-0.1, -0.05) is 141 Å². The van der Waals surface area contributed by atoms with Crippen LogP contribution < -0.4 is 18.5 Å². The van der Waals surface area contributed by atoms with E-state index in [0.29, 0.717) is 49.2 Å². The average molecular weight is 862 g/mol. The Balaban J connectivity index is 0.00000277. The van der Waals surface area contributed by atoms with Gasteiger partial charge in [0.25, 0.3) is 0 Å². The standard InChI is InChI=1S/C47H47NO9P2.C2H6/c1-50-45-28-40-25-26-48-30-42-39(23-24-44(47(42)51-2)56-58(52-31-35-15-7-3-8-16-35)53-32-36-17-9-4-10-18-36)27-43(48)41(40)29-46(45)57-59(49,54-33-37-19-11-5-12-20-37)55-34-38-21-13-6-14-22-38;1-2/h3-24,28-29,43H,25-27,30-34H2,1-2H3;1-2H3. The lowest BCUT2D eigenvalue weighted by molar-refractivity contribution is 0.141. The minimum atomic E-state index is -4.15. The van der Waals surface area contributed by atoms with Crippen molar-refractivity contribution in [2.45, 2.75) is 65.7 Å². The molecule has 2 heterocycles. The number of fused-ring (bicyclic) bond motifs is 4. The summed E-state index contributed by atoms with van der Waals surface area (Å²) in [5, 5.41) is 0. The van der Waals surface area contributed by atoms with Crippen LogP contribution in [0.25, 0.3) is 0 Å². The zero-order valence-corrected chi connectivity index (χ0v) is 36.9. The molecule has 6 aromatic carbocycles. The van der Waals surface area contributed by atoms with Gasteiger partial charge in [-0.2, -0.15) is 0 Å². The minimum Gasteiger partial charge on any atom is -0.493 e. The number of benzene rings is 6. The van der Waals surface area contributed by atoms with Crippen LogP contribution in [0.1, 0.15) is 64.4 Å². The van der Waals surface area contributed by atoms with Crippen LogP contribution in [0.2, 0.25) is 0 Å². The van der Waals surface area contributed by atoms with Gasteiger partial charge in [0.15, 0.2) is 23.0 Å². The normalized spacial score (nSPS) is 14.5. The predicted octanol–water partition coefficient (Wildman–Crippen LogP) is 12.3. The van der Waals surface area contributed by atoms with E-state index in [4.69, 9.17) is 36.6 Å². The van der Waals surface area contributed by atoms with E-state index in [1.165, 1.54) is 0 Å². The number of phosphoric ester groups is 1. The van der Waals surface area contributed by atoms with E-state index in [0.717, 1.165) is 57.5 Å². The van der Waals surface area contributed by atoms with Crippen molar-refractivity contribution in [3.63, 3.8) is 0 Å². The van der Waals surface area contributed by atoms with E-state index in [1.807, 2.05) is 153 Å². The highest BCUT2D eigenvalue weighted by Crippen LogP contribution is 2.55. The second-order valence-corrected chi connectivity index (χ2v) is 17.0. The SMILES string of the molecule is CC.COc1cc2c(cc1OP(=O)(OCc1ccccc1)OCc1ccccc1)C1Cc3ccc(OP(OCc4ccccc4)OCc4ccccc4)c(OC)c3CN1CC2. The maximum absolute atomic E-state index is 14.4. The molecule has 2 aliphatic heterocycles. The third-order valence-electron chi connectivity index (χ3n) is 10.4. The fourth-order valence-corrected chi connectivity index (χ4v) is 9.55. The summed E-state index contributed by atoms with van der Waals surface area (Å²) in [5.74, 6) is 1.99. The summed E-state index contributed by atoms with van der Waals surface area (Å²) in [6.45, 7) is 6.22. The van der Waals surface area contributed by atoms with E-state index in [2.05, 4.69) is 11.0 Å². The van der Waals surface area contributed by atoms with Crippen molar-refractivity contribution in [2.24, 2.45) is 0 Å². The van der Waals surface area contributed by atoms with Crippen molar-refractivity contribution in [1.82, 2.24) is 4.90 Å². The van der Waals surface area contributed by atoms with Crippen LogP contribution in [0.15, 0.2) is 146 Å². The number of hydrogen-bond donors (Lipinski definition) is 0. The first-order valence-electron chi connectivity index (χ1n) is 20.6. The molecule has 12 heteroatoms. The van der Waals surface area contributed by atoms with Crippen molar-refractivity contribution < 1.29 is 41.2 Å². The topological polar surface area (TPSA) is 94.2 Å². The molecule has 0 amide bonds. The van der Waals surface area contributed by atoms with Crippen molar-refractivity contribution in [2.75, 3.05) is 20.8 Å². The van der Waals surface area contributed by atoms with Gasteiger partial charge in [-0.3, -0.25) is 23.0 Å². The Bertz CT molecular complexity index is 2250. The smallest absolute Gasteiger partial charge is 0.493 e. The van der Waals surface area contributed by atoms with Crippen LogP contribution in [-0.2, 0) is 68.5 Å². The lowest BCUT2D eigenvalue weighted by atomic mass is 9.83. The largest absolute Gasteiger partial charge is 0.530 e. The molecule has 1 atom stereocenters. The molecule has 0 saturated heterocycles. The van der Waals surface area contributed by atoms with E-state index in [1.54, 1.807) is 14.2 Å². The van der Waals surface area contributed by atoms with Gasteiger partial charge in [-0.05, 0) is 70.0 Å². The lowest BCUT2D eigenvalue weighted by Gasteiger charge is -2.42. The summed E-state index contributed by atoms with van der Waals surface area (Å²) >= 11 is 0. The summed E-state index contributed by atoms with van der Waals surface area (Å²) in [4.78, 5) is 2.44. The van der Waals surface area contributed by atoms with Crippen molar-refractivity contribution >= 4 is 16.4 Å². The fourth-order valence-electron chi connectivity index (χ4n) is 7.38. The van der Waals surface area contributed by atoms with Crippen LogP contribution >= 0.6 is 16.4 Å². The molecule has 318 valence electrons. The van der Waals surface area contributed by atoms with Crippen LogP contribution in [0, 0.1) is 0 Å². The Kier molecular flexibility index (Phi) is 15.6. The predicted molar refractivity (Wildman–Crippen MR) is 239 cm³/mol. The molecule has 0 radical (unpaired) electrons. The maximum atomic E-state index is 14.4. The molecule has 61 heavy (non-hydrogen) atoms. The third-order valence-corrected chi connectivity index (χ3v) is 12.7. The summed E-state index contributed by atoms with van der Waals surface area (Å²) < 4.78 is 63.6. The Morgan fingerprint density at radius 2 is 1.13 bits per heavy atom. The average Bonchev–Trinajstić information content (AvgIpc) is 3.32. The van der Waals surface area contributed by atoms with Crippen molar-refractivity contribution in [1.29, 1.82) is 0 Å². The first-order valence-corrected chi connectivity index (χ1v) is 23.1. The van der Waals surface area contributed by atoms with Crippen molar-refractivity contribution in [3.05, 3.63) is 190 Å². The molecule has 6 aromatic rings. The van der Waals surface area contributed by atoms with Gasteiger partial charge in [-0.15, -0.1) is 0 Å². The zero-order valence-electron chi connectivity index (χ0n) is 35.1. The van der Waals surface area contributed by atoms with Crippen LogP contribution in [0.3, 0.4) is 0 Å². The maximum Gasteiger partial charge on any atom is 0.530 e. The molecule has 10 nitrogen and oxygen atoms in total. The Hall–Kier alpha value is -5.02. The van der Waals surface area contributed by atoms with E-state index < -0.39 is 16.4 Å². The van der Waals surface area contributed by atoms with E-state index in [9.17, 15) is 4.57 Å². The minimum absolute atomic E-state index is 0.0198. The molecule has 0 saturated carbocycles. The molecule has 0 fully saturated rings. The first kappa shape index (κ1) is 44.0. The molecule has 0 spiro atoms. The summed E-state index contributed by atoms with van der Waals surface area (Å²) in [5.41, 5.74) is 8.15.